The van der Waals surface area contributed by atoms with Crippen LogP contribution in [0.2, 0.25) is 5.02 Å². The number of nitrogens with one attached hydrogen (secondary N) is 1. The Morgan fingerprint density at radius 3 is 2.86 bits per heavy atom. The van der Waals surface area contributed by atoms with E-state index < -0.39 is 0 Å². The van der Waals surface area contributed by atoms with Crippen molar-refractivity contribution in [3.8, 4) is 5.75 Å². The van der Waals surface area contributed by atoms with Crippen LogP contribution >= 0.6 is 11.6 Å². The average Bonchev–Trinajstić information content (AvgIpc) is 2.42. The van der Waals surface area contributed by atoms with Crippen LogP contribution in [0.4, 0.5) is 0 Å². The summed E-state index contributed by atoms with van der Waals surface area (Å²) in [7, 11) is 1.88. The summed E-state index contributed by atoms with van der Waals surface area (Å²) in [6.07, 6.45) is 3.64. The minimum atomic E-state index is 0.0225. The Morgan fingerprint density at radius 1 is 1.57 bits per heavy atom. The van der Waals surface area contributed by atoms with Crippen LogP contribution in [0.5, 0.6) is 5.75 Å². The van der Waals surface area contributed by atoms with E-state index in [0.29, 0.717) is 10.8 Å². The lowest BCUT2D eigenvalue weighted by atomic mass is 10.1. The maximum atomic E-state index is 6.18. The second-order valence-electron chi connectivity index (χ2n) is 4.62. The summed E-state index contributed by atoms with van der Waals surface area (Å²) < 4.78 is 5.84. The highest BCUT2D eigenvalue weighted by molar-refractivity contribution is 6.32. The molecule has 5 heteroatoms. The first-order chi connectivity index (χ1) is 9.97. The van der Waals surface area contributed by atoms with Crippen molar-refractivity contribution in [2.75, 3.05) is 13.6 Å². The van der Waals surface area contributed by atoms with E-state index >= 15 is 0 Å². The molecule has 4 nitrogen and oxygen atoms in total. The van der Waals surface area contributed by atoms with Gasteiger partial charge in [0.15, 0.2) is 0 Å². The summed E-state index contributed by atoms with van der Waals surface area (Å²) in [4.78, 5) is 4.02. The van der Waals surface area contributed by atoms with Crippen LogP contribution in [-0.2, 0) is 0 Å². The zero-order valence-electron chi connectivity index (χ0n) is 12.7. The summed E-state index contributed by atoms with van der Waals surface area (Å²) in [6.45, 7) is 8.20. The fourth-order valence-electron chi connectivity index (χ4n) is 1.79. The van der Waals surface area contributed by atoms with Crippen molar-refractivity contribution in [2.45, 2.75) is 20.0 Å². The van der Waals surface area contributed by atoms with Gasteiger partial charge in [0.05, 0.1) is 5.02 Å². The third-order valence-electron chi connectivity index (χ3n) is 2.76. The number of hydrogen-bond acceptors (Lipinski definition) is 4. The Balaban J connectivity index is 3.02. The second kappa shape index (κ2) is 8.49. The zero-order valence-corrected chi connectivity index (χ0v) is 13.4. The summed E-state index contributed by atoms with van der Waals surface area (Å²) in [5.41, 5.74) is 7.33. The van der Waals surface area contributed by atoms with E-state index in [1.54, 1.807) is 6.21 Å². The first-order valence-electron chi connectivity index (χ1n) is 6.73. The molecule has 0 heterocycles. The number of halogens is 1. The van der Waals surface area contributed by atoms with Gasteiger partial charge in [0.2, 0.25) is 0 Å². The van der Waals surface area contributed by atoms with Crippen molar-refractivity contribution in [1.29, 1.82) is 0 Å². The van der Waals surface area contributed by atoms with Crippen LogP contribution in [0.3, 0.4) is 0 Å². The van der Waals surface area contributed by atoms with Crippen molar-refractivity contribution in [2.24, 2.45) is 10.7 Å². The molecule has 0 bridgehead atoms. The predicted molar refractivity (Wildman–Crippen MR) is 90.9 cm³/mol. The molecule has 0 aliphatic carbocycles. The second-order valence-corrected chi connectivity index (χ2v) is 5.03. The first kappa shape index (κ1) is 17.3. The number of nitrogens with zero attached hydrogens (tertiary/aromatic N) is 1. The van der Waals surface area contributed by atoms with Crippen LogP contribution in [0.15, 0.2) is 41.7 Å². The standard InChI is InChI=1S/C16H22ClN3O/c1-5-13(10-20-12(3)18)14-6-7-15(17)16(8-14)21-11(2)9-19-4/h5-8,10-11,19H,3,9,18H2,1-2,4H3/b13-5+,20-10?/t11-/m0/s1. The largest absolute Gasteiger partial charge is 0.488 e. The van der Waals surface area contributed by atoms with Crippen molar-refractivity contribution in [1.82, 2.24) is 5.32 Å². The molecule has 0 saturated heterocycles. The van der Waals surface area contributed by atoms with E-state index in [9.17, 15) is 0 Å². The van der Waals surface area contributed by atoms with E-state index in [1.807, 2.05) is 45.2 Å². The lowest BCUT2D eigenvalue weighted by Gasteiger charge is -2.16. The monoisotopic (exact) mass is 307 g/mol. The highest BCUT2D eigenvalue weighted by Crippen LogP contribution is 2.29. The third kappa shape index (κ3) is 5.61. The molecule has 1 aromatic carbocycles. The molecule has 114 valence electrons. The number of rotatable bonds is 7. The highest BCUT2D eigenvalue weighted by atomic mass is 35.5. The number of ether oxygens (including phenoxy) is 1. The van der Waals surface area contributed by atoms with Gasteiger partial charge < -0.3 is 15.8 Å². The van der Waals surface area contributed by atoms with Gasteiger partial charge in [0, 0.05) is 12.8 Å². The van der Waals surface area contributed by atoms with Gasteiger partial charge >= 0.3 is 0 Å². The molecule has 0 unspecified atom stereocenters. The Kier molecular flexibility index (Phi) is 6.99. The predicted octanol–water partition coefficient (Wildman–Crippen LogP) is 3.23. The molecule has 21 heavy (non-hydrogen) atoms. The number of aliphatic imine (C=N–C) groups is 1. The Labute approximate surface area is 131 Å². The van der Waals surface area contributed by atoms with Crippen molar-refractivity contribution in [3.63, 3.8) is 0 Å². The molecule has 3 N–H and O–H groups in total. The highest BCUT2D eigenvalue weighted by Gasteiger charge is 2.09. The van der Waals surface area contributed by atoms with E-state index in [4.69, 9.17) is 22.1 Å². The number of likely N-dealkylation sites (N-methyl/N-ethyl adjacent to an activating group) is 1. The molecule has 0 aliphatic heterocycles. The lowest BCUT2D eigenvalue weighted by molar-refractivity contribution is 0.221. The van der Waals surface area contributed by atoms with Gasteiger partial charge in [0.1, 0.15) is 17.7 Å². The minimum absolute atomic E-state index is 0.0225. The molecule has 0 fully saturated rings. The number of hydrogen-bond donors (Lipinski definition) is 2. The topological polar surface area (TPSA) is 59.6 Å². The van der Waals surface area contributed by atoms with Crippen molar-refractivity contribution >= 4 is 23.4 Å². The van der Waals surface area contributed by atoms with Gasteiger partial charge in [-0.1, -0.05) is 30.3 Å². The SMILES string of the molecule is C=C(N)N=C/C(=C\C)c1ccc(Cl)c(O[C@@H](C)CNC)c1. The smallest absolute Gasteiger partial charge is 0.138 e. The quantitative estimate of drug-likeness (QED) is 0.760. The van der Waals surface area contributed by atoms with Crippen molar-refractivity contribution in [3.05, 3.63) is 47.3 Å². The molecular formula is C16H22ClN3O. The van der Waals surface area contributed by atoms with Crippen LogP contribution in [0.1, 0.15) is 19.4 Å². The molecule has 1 aromatic rings. The Morgan fingerprint density at radius 2 is 2.29 bits per heavy atom. The summed E-state index contributed by atoms with van der Waals surface area (Å²) in [6, 6.07) is 5.63. The normalized spacial score (nSPS) is 13.4. The van der Waals surface area contributed by atoms with Crippen LogP contribution in [0.25, 0.3) is 5.57 Å². The van der Waals surface area contributed by atoms with E-state index in [-0.39, 0.29) is 11.9 Å². The molecule has 1 rings (SSSR count). The first-order valence-corrected chi connectivity index (χ1v) is 7.11. The molecule has 0 amide bonds. The number of allylic oxidation sites excluding steroid dienone is 2. The van der Waals surface area contributed by atoms with E-state index in [0.717, 1.165) is 17.7 Å². The molecule has 0 aromatic heterocycles. The zero-order chi connectivity index (χ0) is 15.8. The molecule has 0 aliphatic rings. The van der Waals surface area contributed by atoms with Gasteiger partial charge in [0.25, 0.3) is 0 Å². The molecule has 0 radical (unpaired) electrons. The van der Waals surface area contributed by atoms with Crippen LogP contribution in [0, 0.1) is 0 Å². The van der Waals surface area contributed by atoms with Gasteiger partial charge in [-0.25, -0.2) is 4.99 Å². The van der Waals surface area contributed by atoms with Gasteiger partial charge in [-0.2, -0.15) is 0 Å². The minimum Gasteiger partial charge on any atom is -0.488 e. The lowest BCUT2D eigenvalue weighted by Crippen LogP contribution is -2.26. The van der Waals surface area contributed by atoms with Crippen LogP contribution in [-0.4, -0.2) is 25.9 Å². The number of benzene rings is 1. The summed E-state index contributed by atoms with van der Waals surface area (Å²) in [5.74, 6) is 0.915. The summed E-state index contributed by atoms with van der Waals surface area (Å²) >= 11 is 6.18. The van der Waals surface area contributed by atoms with E-state index in [1.165, 1.54) is 0 Å². The average molecular weight is 308 g/mol. The fraction of sp³-hybridized carbons (Fsp3) is 0.312. The van der Waals surface area contributed by atoms with E-state index in [2.05, 4.69) is 16.9 Å². The fourth-order valence-corrected chi connectivity index (χ4v) is 1.95. The third-order valence-corrected chi connectivity index (χ3v) is 3.08. The van der Waals surface area contributed by atoms with Gasteiger partial charge in [-0.3, -0.25) is 0 Å². The van der Waals surface area contributed by atoms with Crippen molar-refractivity contribution < 1.29 is 4.74 Å². The van der Waals surface area contributed by atoms with Gasteiger partial charge in [-0.05, 0) is 44.2 Å². The van der Waals surface area contributed by atoms with Gasteiger partial charge in [-0.15, -0.1) is 0 Å². The number of nitrogens with two attached hydrogens (primary N) is 1. The maximum absolute atomic E-state index is 6.18. The summed E-state index contributed by atoms with van der Waals surface area (Å²) in [5, 5.41) is 3.65. The maximum Gasteiger partial charge on any atom is 0.138 e. The molecule has 1 atom stereocenters. The molecular weight excluding hydrogens is 286 g/mol. The molecule has 0 spiro atoms. The Bertz CT molecular complexity index is 552. The molecule has 0 saturated carbocycles. The van der Waals surface area contributed by atoms with Crippen LogP contribution < -0.4 is 15.8 Å². The Hall–Kier alpha value is -1.78.